The van der Waals surface area contributed by atoms with Crippen LogP contribution in [-0.2, 0) is 6.42 Å². The van der Waals surface area contributed by atoms with E-state index in [4.69, 9.17) is 4.42 Å². The summed E-state index contributed by atoms with van der Waals surface area (Å²) >= 11 is 0. The van der Waals surface area contributed by atoms with Crippen molar-refractivity contribution >= 4 is 0 Å². The van der Waals surface area contributed by atoms with Crippen LogP contribution in [0.3, 0.4) is 0 Å². The molecule has 48 valence electrons. The van der Waals surface area contributed by atoms with Gasteiger partial charge in [0.2, 0.25) is 0 Å². The van der Waals surface area contributed by atoms with Gasteiger partial charge < -0.3 is 4.42 Å². The summed E-state index contributed by atoms with van der Waals surface area (Å²) in [6, 6.07) is 8.37. The molecule has 0 spiro atoms. The van der Waals surface area contributed by atoms with E-state index in [9.17, 15) is 0 Å². The van der Waals surface area contributed by atoms with E-state index in [2.05, 4.69) is 18.2 Å². The number of hydrogen-bond acceptors (Lipinski definition) is 1. The molecule has 0 fully saturated rings. The van der Waals surface area contributed by atoms with Crippen molar-refractivity contribution in [3.63, 3.8) is 0 Å². The van der Waals surface area contributed by atoms with Crippen LogP contribution in [0.4, 0.5) is 0 Å². The van der Waals surface area contributed by atoms with Gasteiger partial charge >= 0.3 is 0 Å². The second-order valence-electron chi connectivity index (χ2n) is 2.71. The lowest BCUT2D eigenvalue weighted by Gasteiger charge is -2.11. The Bertz CT molecular complexity index is 359. The van der Waals surface area contributed by atoms with Crippen molar-refractivity contribution in [1.82, 2.24) is 0 Å². The predicted octanol–water partition coefficient (Wildman–Crippen LogP) is 2.29. The van der Waals surface area contributed by atoms with Crippen LogP contribution in [0.2, 0.25) is 0 Å². The molecule has 4 rings (SSSR count). The predicted molar refractivity (Wildman–Crippen MR) is 38.1 cm³/mol. The van der Waals surface area contributed by atoms with Gasteiger partial charge in [-0.3, -0.25) is 0 Å². The molecule has 4 bridgehead atoms. The molecule has 0 radical (unpaired) electrons. The van der Waals surface area contributed by atoms with Gasteiger partial charge in [0.05, 0.1) is 0 Å². The fourth-order valence-electron chi connectivity index (χ4n) is 1.58. The quantitative estimate of drug-likeness (QED) is 0.455. The molecule has 2 heterocycles. The molecule has 0 aromatic heterocycles. The summed E-state index contributed by atoms with van der Waals surface area (Å²) in [4.78, 5) is 0. The van der Waals surface area contributed by atoms with Gasteiger partial charge in [-0.1, -0.05) is 6.07 Å². The van der Waals surface area contributed by atoms with E-state index >= 15 is 0 Å². The van der Waals surface area contributed by atoms with Crippen LogP contribution < -0.4 is 0 Å². The zero-order valence-corrected chi connectivity index (χ0v) is 5.42. The summed E-state index contributed by atoms with van der Waals surface area (Å²) in [5.74, 6) is 2.13. The molecule has 0 N–H and O–H groups in total. The normalized spacial score (nSPS) is 13.6. The second-order valence-corrected chi connectivity index (χ2v) is 2.71. The Labute approximate surface area is 58.6 Å². The van der Waals surface area contributed by atoms with Crippen molar-refractivity contribution in [3.05, 3.63) is 35.6 Å². The third-order valence-electron chi connectivity index (χ3n) is 2.09. The van der Waals surface area contributed by atoms with Crippen molar-refractivity contribution < 1.29 is 4.42 Å². The first kappa shape index (κ1) is 4.56. The maximum atomic E-state index is 5.48. The third kappa shape index (κ3) is 0.366. The Morgan fingerprint density at radius 2 is 2.10 bits per heavy atom. The molecular formula is C9H6O. The lowest BCUT2D eigenvalue weighted by molar-refractivity contribution is 0.509. The smallest absolute Gasteiger partial charge is 0.134 e. The van der Waals surface area contributed by atoms with Crippen LogP contribution in [-0.4, -0.2) is 0 Å². The highest BCUT2D eigenvalue weighted by Crippen LogP contribution is 2.35. The van der Waals surface area contributed by atoms with Crippen LogP contribution in [0.5, 0.6) is 0 Å². The van der Waals surface area contributed by atoms with Crippen molar-refractivity contribution in [2.24, 2.45) is 0 Å². The molecule has 4 aliphatic rings. The van der Waals surface area contributed by atoms with E-state index in [0.717, 1.165) is 17.9 Å². The zero-order valence-electron chi connectivity index (χ0n) is 5.42. The average Bonchev–Trinajstić information content (AvgIpc) is 2.29. The van der Waals surface area contributed by atoms with Gasteiger partial charge in [-0.25, -0.2) is 0 Å². The summed E-state index contributed by atoms with van der Waals surface area (Å²) in [7, 11) is 0. The Morgan fingerprint density at radius 3 is 2.80 bits per heavy atom. The Kier molecular flexibility index (Phi) is 0.575. The Balaban J connectivity index is 2.62. The highest BCUT2D eigenvalue weighted by Gasteiger charge is 2.18. The SMILES string of the molecule is c1cc2c3ccc-2oc1C3. The molecule has 2 aliphatic heterocycles. The van der Waals surface area contributed by atoms with Gasteiger partial charge in [0.15, 0.2) is 0 Å². The maximum Gasteiger partial charge on any atom is 0.134 e. The highest BCUT2D eigenvalue weighted by atomic mass is 16.3. The lowest BCUT2D eigenvalue weighted by atomic mass is 10.0. The monoisotopic (exact) mass is 130 g/mol. The first-order valence-corrected chi connectivity index (χ1v) is 3.44. The van der Waals surface area contributed by atoms with E-state index in [-0.39, 0.29) is 0 Å². The highest BCUT2D eigenvalue weighted by molar-refractivity contribution is 5.68. The van der Waals surface area contributed by atoms with Gasteiger partial charge in [-0.15, -0.1) is 0 Å². The zero-order chi connectivity index (χ0) is 6.55. The summed E-state index contributed by atoms with van der Waals surface area (Å²) in [6.07, 6.45) is 0.992. The summed E-state index contributed by atoms with van der Waals surface area (Å²) in [5.41, 5.74) is 2.70. The van der Waals surface area contributed by atoms with Crippen molar-refractivity contribution in [1.29, 1.82) is 0 Å². The van der Waals surface area contributed by atoms with Crippen LogP contribution in [0.1, 0.15) is 11.3 Å². The molecule has 2 aliphatic carbocycles. The first-order chi connectivity index (χ1) is 4.93. The van der Waals surface area contributed by atoms with E-state index in [1.54, 1.807) is 0 Å². The van der Waals surface area contributed by atoms with Gasteiger partial charge in [0.1, 0.15) is 11.5 Å². The minimum absolute atomic E-state index is 0.992. The molecule has 0 atom stereocenters. The molecule has 1 heteroatoms. The molecule has 0 aromatic rings. The fraction of sp³-hybridized carbons (Fsp3) is 0.111. The first-order valence-electron chi connectivity index (χ1n) is 3.44. The molecule has 0 aromatic carbocycles. The molecule has 0 saturated heterocycles. The maximum absolute atomic E-state index is 5.48. The summed E-state index contributed by atoms with van der Waals surface area (Å²) in [5, 5.41) is 0. The van der Waals surface area contributed by atoms with Crippen LogP contribution in [0, 0.1) is 0 Å². The van der Waals surface area contributed by atoms with E-state index in [1.165, 1.54) is 11.1 Å². The molecule has 0 amide bonds. The molecule has 1 nitrogen and oxygen atoms in total. The summed E-state index contributed by atoms with van der Waals surface area (Å²) < 4.78 is 5.48. The second kappa shape index (κ2) is 1.26. The number of hydrogen-bond donors (Lipinski definition) is 0. The lowest BCUT2D eigenvalue weighted by Crippen LogP contribution is -1.94. The largest absolute Gasteiger partial charge is 0.461 e. The standard InChI is InChI=1S/C9H6O/c1-4-9-8-3-2-7(10-9)5-6(1)8/h1-4H,5H2. The topological polar surface area (TPSA) is 13.1 Å². The third-order valence-corrected chi connectivity index (χ3v) is 2.09. The van der Waals surface area contributed by atoms with Gasteiger partial charge in [0, 0.05) is 12.0 Å². The Hall–Kier alpha value is -1.24. The molecular weight excluding hydrogens is 124 g/mol. The number of rotatable bonds is 0. The fourth-order valence-corrected chi connectivity index (χ4v) is 1.58. The van der Waals surface area contributed by atoms with E-state index < -0.39 is 0 Å². The summed E-state index contributed by atoms with van der Waals surface area (Å²) in [6.45, 7) is 0. The van der Waals surface area contributed by atoms with E-state index in [0.29, 0.717) is 0 Å². The van der Waals surface area contributed by atoms with Gasteiger partial charge in [-0.05, 0) is 23.8 Å². The molecule has 0 saturated carbocycles. The molecule has 0 unspecified atom stereocenters. The Morgan fingerprint density at radius 1 is 1.10 bits per heavy atom. The molecule has 10 heavy (non-hydrogen) atoms. The number of fused-ring (bicyclic) bond motifs is 1. The van der Waals surface area contributed by atoms with Crippen LogP contribution in [0.15, 0.2) is 28.7 Å². The van der Waals surface area contributed by atoms with Crippen molar-refractivity contribution in [2.45, 2.75) is 6.42 Å². The van der Waals surface area contributed by atoms with Crippen LogP contribution in [0.25, 0.3) is 11.3 Å². The van der Waals surface area contributed by atoms with E-state index in [1.807, 2.05) is 6.07 Å². The van der Waals surface area contributed by atoms with Crippen LogP contribution >= 0.6 is 0 Å². The van der Waals surface area contributed by atoms with Crippen molar-refractivity contribution in [2.75, 3.05) is 0 Å². The minimum atomic E-state index is 0.992. The van der Waals surface area contributed by atoms with Gasteiger partial charge in [-0.2, -0.15) is 0 Å². The van der Waals surface area contributed by atoms with Crippen molar-refractivity contribution in [3.8, 4) is 11.3 Å². The van der Waals surface area contributed by atoms with Gasteiger partial charge in [0.25, 0.3) is 0 Å². The average molecular weight is 130 g/mol. The minimum Gasteiger partial charge on any atom is -0.461 e.